The van der Waals surface area contributed by atoms with Crippen LogP contribution in [0, 0.1) is 0 Å². The highest BCUT2D eigenvalue weighted by Crippen LogP contribution is 2.28. The Morgan fingerprint density at radius 3 is 2.88 bits per heavy atom. The zero-order valence-corrected chi connectivity index (χ0v) is 9.94. The van der Waals surface area contributed by atoms with Crippen molar-refractivity contribution in [2.75, 3.05) is 17.2 Å². The van der Waals surface area contributed by atoms with Gasteiger partial charge in [-0.3, -0.25) is 0 Å². The molecule has 88 valence electrons. The van der Waals surface area contributed by atoms with Crippen molar-refractivity contribution in [3.05, 3.63) is 30.3 Å². The fourth-order valence-electron chi connectivity index (χ4n) is 1.62. The Bertz CT molecular complexity index is 523. The van der Waals surface area contributed by atoms with Crippen molar-refractivity contribution in [3.8, 4) is 17.1 Å². The minimum atomic E-state index is 0.343. The van der Waals surface area contributed by atoms with Crippen LogP contribution in [-0.4, -0.2) is 22.8 Å². The van der Waals surface area contributed by atoms with Gasteiger partial charge in [-0.05, 0) is 12.1 Å². The van der Waals surface area contributed by atoms with E-state index in [9.17, 15) is 0 Å². The summed E-state index contributed by atoms with van der Waals surface area (Å²) in [6, 6.07) is 9.49. The first-order chi connectivity index (χ1) is 8.31. The molecule has 0 aliphatic carbocycles. The monoisotopic (exact) mass is 248 g/mol. The van der Waals surface area contributed by atoms with Crippen LogP contribution in [0.5, 0.6) is 5.75 Å². The number of benzene rings is 1. The van der Waals surface area contributed by atoms with Gasteiger partial charge in [-0.1, -0.05) is 17.3 Å². The summed E-state index contributed by atoms with van der Waals surface area (Å²) in [5.41, 5.74) is 6.46. The Kier molecular flexibility index (Phi) is 2.68. The molecule has 0 unspecified atom stereocenters. The molecule has 0 saturated carbocycles. The number of anilines is 1. The molecule has 5 heteroatoms. The Balaban J connectivity index is 1.82. The Morgan fingerprint density at radius 1 is 1.35 bits per heavy atom. The van der Waals surface area contributed by atoms with Gasteiger partial charge in [-0.25, -0.2) is 0 Å². The number of nitrogens with two attached hydrogens (primary N) is 1. The summed E-state index contributed by atoms with van der Waals surface area (Å²) in [7, 11) is 0. The quantitative estimate of drug-likeness (QED) is 0.903. The van der Waals surface area contributed by atoms with Crippen molar-refractivity contribution < 1.29 is 9.26 Å². The molecule has 1 aromatic carbocycles. The van der Waals surface area contributed by atoms with Crippen molar-refractivity contribution in [2.45, 2.75) is 6.10 Å². The summed E-state index contributed by atoms with van der Waals surface area (Å²) in [5.74, 6) is 4.05. The molecule has 2 heterocycles. The van der Waals surface area contributed by atoms with Crippen LogP contribution in [-0.2, 0) is 0 Å². The number of thioether (sulfide) groups is 1. The number of hydrogen-bond acceptors (Lipinski definition) is 5. The summed E-state index contributed by atoms with van der Waals surface area (Å²) >= 11 is 1.90. The van der Waals surface area contributed by atoms with Crippen molar-refractivity contribution in [1.82, 2.24) is 5.16 Å². The highest BCUT2D eigenvalue weighted by atomic mass is 32.2. The number of nitrogen functional groups attached to an aromatic ring is 1. The van der Waals surface area contributed by atoms with E-state index < -0.39 is 0 Å². The molecule has 3 rings (SSSR count). The highest BCUT2D eigenvalue weighted by molar-refractivity contribution is 8.00. The van der Waals surface area contributed by atoms with E-state index in [-0.39, 0.29) is 0 Å². The molecule has 4 nitrogen and oxygen atoms in total. The summed E-state index contributed by atoms with van der Waals surface area (Å²) in [6.07, 6.45) is 0.343. The minimum absolute atomic E-state index is 0.343. The highest BCUT2D eigenvalue weighted by Gasteiger charge is 2.20. The second kappa shape index (κ2) is 4.33. The van der Waals surface area contributed by atoms with Gasteiger partial charge in [-0.15, -0.1) is 0 Å². The molecule has 1 saturated heterocycles. The van der Waals surface area contributed by atoms with Gasteiger partial charge in [0.1, 0.15) is 11.9 Å². The maximum absolute atomic E-state index is 5.81. The lowest BCUT2D eigenvalue weighted by Gasteiger charge is -2.25. The molecule has 2 N–H and O–H groups in total. The first-order valence-corrected chi connectivity index (χ1v) is 6.54. The molecule has 0 bridgehead atoms. The van der Waals surface area contributed by atoms with Gasteiger partial charge in [0.2, 0.25) is 0 Å². The van der Waals surface area contributed by atoms with E-state index in [1.54, 1.807) is 6.07 Å². The van der Waals surface area contributed by atoms with E-state index in [1.807, 2.05) is 36.0 Å². The van der Waals surface area contributed by atoms with E-state index in [2.05, 4.69) is 5.16 Å². The smallest absolute Gasteiger partial charge is 0.169 e. The average Bonchev–Trinajstić information content (AvgIpc) is 2.71. The largest absolute Gasteiger partial charge is 0.489 e. The molecular formula is C12H12N2O2S. The second-order valence-corrected chi connectivity index (χ2v) is 5.00. The molecular weight excluding hydrogens is 236 g/mol. The summed E-state index contributed by atoms with van der Waals surface area (Å²) < 4.78 is 10.9. The summed E-state index contributed by atoms with van der Waals surface area (Å²) in [4.78, 5) is 0. The lowest BCUT2D eigenvalue weighted by Crippen LogP contribution is -2.30. The van der Waals surface area contributed by atoms with Crippen molar-refractivity contribution >= 4 is 17.6 Å². The van der Waals surface area contributed by atoms with E-state index in [0.29, 0.717) is 17.7 Å². The lowest BCUT2D eigenvalue weighted by molar-refractivity contribution is 0.240. The Hall–Kier alpha value is -1.62. The Labute approximate surface area is 103 Å². The molecule has 0 amide bonds. The van der Waals surface area contributed by atoms with Crippen molar-refractivity contribution in [3.63, 3.8) is 0 Å². The average molecular weight is 248 g/mol. The number of hydrogen-bond donors (Lipinski definition) is 1. The topological polar surface area (TPSA) is 61.3 Å². The minimum Gasteiger partial charge on any atom is -0.489 e. The van der Waals surface area contributed by atoms with Crippen LogP contribution >= 0.6 is 11.8 Å². The van der Waals surface area contributed by atoms with Crippen LogP contribution in [0.3, 0.4) is 0 Å². The van der Waals surface area contributed by atoms with Gasteiger partial charge in [0, 0.05) is 23.1 Å². The zero-order chi connectivity index (χ0) is 11.7. The SMILES string of the molecule is Nc1cc(-c2cccc(OC3CSC3)c2)on1. The van der Waals surface area contributed by atoms with E-state index >= 15 is 0 Å². The van der Waals surface area contributed by atoms with Gasteiger partial charge in [0.25, 0.3) is 0 Å². The molecule has 1 aliphatic heterocycles. The second-order valence-electron chi connectivity index (χ2n) is 3.92. The van der Waals surface area contributed by atoms with E-state index in [1.165, 1.54) is 0 Å². The molecule has 1 aliphatic rings. The molecule has 1 fully saturated rings. The van der Waals surface area contributed by atoms with Gasteiger partial charge in [0.05, 0.1) is 0 Å². The van der Waals surface area contributed by atoms with E-state index in [4.69, 9.17) is 15.0 Å². The fraction of sp³-hybridized carbons (Fsp3) is 0.250. The van der Waals surface area contributed by atoms with Crippen LogP contribution in [0.2, 0.25) is 0 Å². The lowest BCUT2D eigenvalue weighted by atomic mass is 10.1. The number of rotatable bonds is 3. The van der Waals surface area contributed by atoms with Crippen molar-refractivity contribution in [1.29, 1.82) is 0 Å². The third kappa shape index (κ3) is 2.24. The first kappa shape index (κ1) is 10.5. The molecule has 0 radical (unpaired) electrons. The Morgan fingerprint density at radius 2 is 2.24 bits per heavy atom. The third-order valence-electron chi connectivity index (χ3n) is 2.56. The number of ether oxygens (including phenoxy) is 1. The van der Waals surface area contributed by atoms with Crippen LogP contribution in [0.15, 0.2) is 34.9 Å². The molecule has 1 aromatic heterocycles. The molecule has 2 aromatic rings. The predicted octanol–water partition coefficient (Wildman–Crippen LogP) is 2.42. The fourth-order valence-corrected chi connectivity index (χ4v) is 2.19. The van der Waals surface area contributed by atoms with Crippen LogP contribution < -0.4 is 10.5 Å². The van der Waals surface area contributed by atoms with Gasteiger partial charge >= 0.3 is 0 Å². The standard InChI is InChI=1S/C12H12N2O2S/c13-12-5-11(16-14-12)8-2-1-3-9(4-8)15-10-6-17-7-10/h1-5,10H,6-7H2,(H2,13,14). The van der Waals surface area contributed by atoms with Gasteiger partial charge < -0.3 is 15.0 Å². The van der Waals surface area contributed by atoms with Crippen LogP contribution in [0.4, 0.5) is 5.82 Å². The first-order valence-electron chi connectivity index (χ1n) is 5.38. The predicted molar refractivity (Wildman–Crippen MR) is 68.1 cm³/mol. The molecule has 17 heavy (non-hydrogen) atoms. The summed E-state index contributed by atoms with van der Waals surface area (Å²) in [5, 5.41) is 3.67. The third-order valence-corrected chi connectivity index (χ3v) is 3.77. The molecule has 0 atom stereocenters. The van der Waals surface area contributed by atoms with Gasteiger partial charge in [0.15, 0.2) is 11.6 Å². The normalized spacial score (nSPS) is 15.5. The van der Waals surface area contributed by atoms with Gasteiger partial charge in [-0.2, -0.15) is 11.8 Å². The molecule has 0 spiro atoms. The maximum Gasteiger partial charge on any atom is 0.169 e. The zero-order valence-electron chi connectivity index (χ0n) is 9.13. The van der Waals surface area contributed by atoms with Crippen LogP contribution in [0.1, 0.15) is 0 Å². The maximum atomic E-state index is 5.81. The van der Waals surface area contributed by atoms with E-state index in [0.717, 1.165) is 22.8 Å². The number of aromatic nitrogens is 1. The number of nitrogens with zero attached hydrogens (tertiary/aromatic N) is 1. The summed E-state index contributed by atoms with van der Waals surface area (Å²) in [6.45, 7) is 0. The van der Waals surface area contributed by atoms with Crippen LogP contribution in [0.25, 0.3) is 11.3 Å². The van der Waals surface area contributed by atoms with Crippen molar-refractivity contribution in [2.24, 2.45) is 0 Å².